The van der Waals surface area contributed by atoms with Gasteiger partial charge in [0.2, 0.25) is 5.71 Å². The second-order valence-corrected chi connectivity index (χ2v) is 7.46. The summed E-state index contributed by atoms with van der Waals surface area (Å²) in [6, 6.07) is 2.97. The van der Waals surface area contributed by atoms with E-state index in [1.807, 2.05) is 13.8 Å². The minimum absolute atomic E-state index is 0.120. The predicted octanol–water partition coefficient (Wildman–Crippen LogP) is 1.58. The topological polar surface area (TPSA) is 133 Å². The van der Waals surface area contributed by atoms with Gasteiger partial charge in [0.15, 0.2) is 0 Å². The maximum absolute atomic E-state index is 12.8. The first kappa shape index (κ1) is 18.9. The maximum Gasteiger partial charge on any atom is 0.265 e. The van der Waals surface area contributed by atoms with Crippen molar-refractivity contribution in [3.63, 3.8) is 0 Å². The molecule has 1 unspecified atom stereocenters. The third-order valence-electron chi connectivity index (χ3n) is 3.84. The summed E-state index contributed by atoms with van der Waals surface area (Å²) in [5.74, 6) is 0.0165. The van der Waals surface area contributed by atoms with Crippen LogP contribution >= 0.6 is 0 Å². The number of pyridine rings is 1. The van der Waals surface area contributed by atoms with Crippen LogP contribution in [0.1, 0.15) is 30.0 Å². The number of carbonyl (C=O) groups is 1. The summed E-state index contributed by atoms with van der Waals surface area (Å²) in [7, 11) is -1.70. The Morgan fingerprint density at radius 1 is 1.37 bits per heavy atom. The van der Waals surface area contributed by atoms with Gasteiger partial charge in [-0.05, 0) is 25.0 Å². The van der Waals surface area contributed by atoms with Crippen molar-refractivity contribution < 1.29 is 13.4 Å². The minimum Gasteiger partial charge on any atom is -0.442 e. The van der Waals surface area contributed by atoms with Gasteiger partial charge in [0.05, 0.1) is 17.4 Å². The molecule has 3 aromatic heterocycles. The average Bonchev–Trinajstić information content (AvgIpc) is 2.94. The first-order valence-electron chi connectivity index (χ1n) is 8.20. The van der Waals surface area contributed by atoms with Gasteiger partial charge < -0.3 is 9.73 Å². The lowest BCUT2D eigenvalue weighted by Gasteiger charge is -2.08. The number of nitrogens with two attached hydrogens (primary N) is 1. The van der Waals surface area contributed by atoms with E-state index in [9.17, 15) is 13.8 Å². The predicted molar refractivity (Wildman–Crippen MR) is 101 cm³/mol. The van der Waals surface area contributed by atoms with E-state index in [2.05, 4.69) is 15.3 Å². The van der Waals surface area contributed by atoms with Crippen molar-refractivity contribution in [2.75, 3.05) is 5.32 Å². The summed E-state index contributed by atoms with van der Waals surface area (Å²) in [5.41, 5.74) is 0.291. The molecule has 1 amide bonds. The maximum atomic E-state index is 12.8. The van der Waals surface area contributed by atoms with Crippen LogP contribution in [-0.4, -0.2) is 24.7 Å². The molecular formula is C17H19N5O4S. The van der Waals surface area contributed by atoms with E-state index in [-0.39, 0.29) is 33.2 Å². The highest BCUT2D eigenvalue weighted by atomic mass is 32.2. The van der Waals surface area contributed by atoms with Crippen LogP contribution in [0.2, 0.25) is 0 Å². The van der Waals surface area contributed by atoms with Crippen LogP contribution in [0.15, 0.2) is 38.9 Å². The third kappa shape index (κ3) is 3.81. The molecule has 0 fully saturated rings. The Kier molecular flexibility index (Phi) is 5.19. The molecule has 0 radical (unpaired) electrons. The van der Waals surface area contributed by atoms with Gasteiger partial charge in [0.25, 0.3) is 11.5 Å². The number of rotatable bonds is 5. The van der Waals surface area contributed by atoms with Gasteiger partial charge in [-0.1, -0.05) is 13.8 Å². The van der Waals surface area contributed by atoms with Gasteiger partial charge in [-0.25, -0.2) is 19.3 Å². The molecule has 3 aromatic rings. The highest BCUT2D eigenvalue weighted by Gasteiger charge is 2.23. The van der Waals surface area contributed by atoms with Crippen molar-refractivity contribution in [1.29, 1.82) is 0 Å². The SMILES string of the molecule is Cc1oc2ncn(CC(C)C)c(=O)c2c1C(=O)Nc1ccc(S(N)=O)nc1. The van der Waals surface area contributed by atoms with Gasteiger partial charge in [-0.3, -0.25) is 14.2 Å². The van der Waals surface area contributed by atoms with Crippen molar-refractivity contribution >= 4 is 33.7 Å². The number of anilines is 1. The van der Waals surface area contributed by atoms with Gasteiger partial charge >= 0.3 is 0 Å². The van der Waals surface area contributed by atoms with Gasteiger partial charge in [0, 0.05) is 6.54 Å². The zero-order valence-corrected chi connectivity index (χ0v) is 15.9. The number of carbonyl (C=O) groups excluding carboxylic acids is 1. The smallest absolute Gasteiger partial charge is 0.265 e. The summed E-state index contributed by atoms with van der Waals surface area (Å²) in [5, 5.41) is 8.24. The first-order chi connectivity index (χ1) is 12.8. The van der Waals surface area contributed by atoms with Gasteiger partial charge in [-0.15, -0.1) is 0 Å². The number of fused-ring (bicyclic) bond motifs is 1. The normalized spacial score (nSPS) is 12.5. The number of nitrogens with zero attached hydrogens (tertiary/aromatic N) is 3. The molecule has 9 nitrogen and oxygen atoms in total. The number of hydrogen-bond acceptors (Lipinski definition) is 6. The Hall–Kier alpha value is -2.85. The molecule has 0 aliphatic carbocycles. The Labute approximate surface area is 157 Å². The first-order valence-corrected chi connectivity index (χ1v) is 9.41. The van der Waals surface area contributed by atoms with Crippen LogP contribution in [-0.2, 0) is 17.5 Å². The highest BCUT2D eigenvalue weighted by molar-refractivity contribution is 7.82. The van der Waals surface area contributed by atoms with Crippen LogP contribution in [0.25, 0.3) is 11.1 Å². The van der Waals surface area contributed by atoms with E-state index in [4.69, 9.17) is 9.56 Å². The van der Waals surface area contributed by atoms with Crippen LogP contribution in [0.3, 0.4) is 0 Å². The fourth-order valence-corrected chi connectivity index (χ4v) is 3.06. The quantitative estimate of drug-likeness (QED) is 0.681. The minimum atomic E-state index is -1.70. The van der Waals surface area contributed by atoms with E-state index >= 15 is 0 Å². The number of furan rings is 1. The summed E-state index contributed by atoms with van der Waals surface area (Å²) in [4.78, 5) is 33.6. The van der Waals surface area contributed by atoms with E-state index in [1.54, 1.807) is 6.92 Å². The molecule has 0 aliphatic heterocycles. The van der Waals surface area contributed by atoms with E-state index in [0.29, 0.717) is 18.0 Å². The molecule has 0 aromatic carbocycles. The fraction of sp³-hybridized carbons (Fsp3) is 0.294. The van der Waals surface area contributed by atoms with Gasteiger partial charge in [0.1, 0.15) is 33.5 Å². The number of aryl methyl sites for hydroxylation is 1. The lowest BCUT2D eigenvalue weighted by molar-refractivity contribution is 0.102. The monoisotopic (exact) mass is 389 g/mol. The Morgan fingerprint density at radius 3 is 2.70 bits per heavy atom. The molecule has 0 bridgehead atoms. The van der Waals surface area contributed by atoms with Crippen molar-refractivity contribution in [2.45, 2.75) is 32.3 Å². The molecule has 0 aliphatic rings. The number of aromatic nitrogens is 3. The molecule has 3 rings (SSSR count). The standard InChI is InChI=1S/C17H19N5O4S/c1-9(2)7-22-8-20-16-14(17(22)24)13(10(3)26-16)15(23)21-11-4-5-12(19-6-11)27(18)25/h4-6,8-9H,7,18H2,1-3H3,(H,21,23). The second kappa shape index (κ2) is 7.41. The molecule has 10 heteroatoms. The molecule has 3 N–H and O–H groups in total. The Morgan fingerprint density at radius 2 is 2.11 bits per heavy atom. The third-order valence-corrected chi connectivity index (χ3v) is 4.50. The molecule has 0 saturated carbocycles. The number of hydrogen-bond donors (Lipinski definition) is 2. The zero-order valence-electron chi connectivity index (χ0n) is 15.1. The largest absolute Gasteiger partial charge is 0.442 e. The lowest BCUT2D eigenvalue weighted by atomic mass is 10.1. The van der Waals surface area contributed by atoms with E-state index in [1.165, 1.54) is 29.2 Å². The highest BCUT2D eigenvalue weighted by Crippen LogP contribution is 2.22. The Bertz CT molecular complexity index is 1090. The second-order valence-electron chi connectivity index (χ2n) is 6.45. The van der Waals surface area contributed by atoms with E-state index in [0.717, 1.165) is 0 Å². The summed E-state index contributed by atoms with van der Waals surface area (Å²) >= 11 is 0. The van der Waals surface area contributed by atoms with E-state index < -0.39 is 16.9 Å². The molecular weight excluding hydrogens is 370 g/mol. The van der Waals surface area contributed by atoms with Crippen molar-refractivity contribution in [3.05, 3.63) is 46.3 Å². The molecule has 0 saturated heterocycles. The summed E-state index contributed by atoms with van der Waals surface area (Å²) < 4.78 is 18.1. The van der Waals surface area contributed by atoms with Crippen molar-refractivity contribution in [2.24, 2.45) is 11.1 Å². The molecule has 142 valence electrons. The summed E-state index contributed by atoms with van der Waals surface area (Å²) in [6.07, 6.45) is 2.76. The van der Waals surface area contributed by atoms with Gasteiger partial charge in [-0.2, -0.15) is 0 Å². The molecule has 3 heterocycles. The number of amides is 1. The van der Waals surface area contributed by atoms with Crippen LogP contribution < -0.4 is 16.0 Å². The van der Waals surface area contributed by atoms with Crippen LogP contribution in [0.5, 0.6) is 0 Å². The lowest BCUT2D eigenvalue weighted by Crippen LogP contribution is -2.24. The van der Waals surface area contributed by atoms with Crippen LogP contribution in [0, 0.1) is 12.8 Å². The van der Waals surface area contributed by atoms with Crippen molar-refractivity contribution in [1.82, 2.24) is 14.5 Å². The fourth-order valence-electron chi connectivity index (χ4n) is 2.70. The van der Waals surface area contributed by atoms with Crippen molar-refractivity contribution in [3.8, 4) is 0 Å². The molecule has 1 atom stereocenters. The summed E-state index contributed by atoms with van der Waals surface area (Å²) in [6.45, 7) is 6.04. The number of nitrogens with one attached hydrogen (secondary N) is 1. The average molecular weight is 389 g/mol. The van der Waals surface area contributed by atoms with Crippen LogP contribution in [0.4, 0.5) is 5.69 Å². The zero-order chi connectivity index (χ0) is 19.7. The Balaban J connectivity index is 1.99. The molecule has 27 heavy (non-hydrogen) atoms. The molecule has 0 spiro atoms.